The number of rotatable bonds is 6. The van der Waals surface area contributed by atoms with E-state index in [4.69, 9.17) is 16.3 Å². The van der Waals surface area contributed by atoms with Crippen molar-refractivity contribution in [2.45, 2.75) is 23.7 Å². The number of hydrogen-bond donors (Lipinski definition) is 1. The molecule has 0 radical (unpaired) electrons. The van der Waals surface area contributed by atoms with E-state index in [1.54, 1.807) is 18.2 Å². The molecule has 2 rings (SSSR count). The van der Waals surface area contributed by atoms with E-state index in [0.717, 1.165) is 6.07 Å². The van der Waals surface area contributed by atoms with Gasteiger partial charge in [0.05, 0.1) is 10.6 Å². The van der Waals surface area contributed by atoms with Crippen LogP contribution in [-0.2, 0) is 14.6 Å². The molecule has 0 saturated heterocycles. The van der Waals surface area contributed by atoms with E-state index in [1.807, 2.05) is 0 Å². The Balaban J connectivity index is 2.18. The van der Waals surface area contributed by atoms with E-state index in [-0.39, 0.29) is 5.69 Å². The van der Waals surface area contributed by atoms with E-state index in [1.165, 1.54) is 31.2 Å². The second-order valence-corrected chi connectivity index (χ2v) is 7.33. The normalized spacial score (nSPS) is 12.7. The van der Waals surface area contributed by atoms with Crippen LogP contribution in [0.25, 0.3) is 0 Å². The number of para-hydroxylation sites is 1. The van der Waals surface area contributed by atoms with Crippen LogP contribution in [0.4, 0.5) is 14.5 Å². The number of amides is 1. The first-order chi connectivity index (χ1) is 11.7. The van der Waals surface area contributed by atoms with E-state index in [0.29, 0.717) is 10.8 Å². The molecule has 2 aromatic carbocycles. The molecule has 0 bridgehead atoms. The molecule has 0 spiro atoms. The zero-order valence-electron chi connectivity index (χ0n) is 12.9. The summed E-state index contributed by atoms with van der Waals surface area (Å²) in [5.41, 5.74) is -0.241. The van der Waals surface area contributed by atoms with Gasteiger partial charge < -0.3 is 10.1 Å². The third-order valence-electron chi connectivity index (χ3n) is 3.16. The van der Waals surface area contributed by atoms with Crippen LogP contribution < -0.4 is 10.1 Å². The molecule has 0 fully saturated rings. The molecular weight excluding hydrogens is 376 g/mol. The Morgan fingerprint density at radius 2 is 1.84 bits per heavy atom. The van der Waals surface area contributed by atoms with Gasteiger partial charge in [0.1, 0.15) is 5.75 Å². The fourth-order valence-corrected chi connectivity index (χ4v) is 3.01. The van der Waals surface area contributed by atoms with Gasteiger partial charge in [-0.3, -0.25) is 4.79 Å². The number of ether oxygens (including phenoxy) is 1. The predicted octanol–water partition coefficient (Wildman–Crippen LogP) is 3.74. The molecule has 0 aromatic heterocycles. The summed E-state index contributed by atoms with van der Waals surface area (Å²) in [4.78, 5) is 11.5. The van der Waals surface area contributed by atoms with Gasteiger partial charge in [-0.05, 0) is 37.3 Å². The van der Waals surface area contributed by atoms with Gasteiger partial charge in [-0.15, -0.1) is 0 Å². The zero-order chi connectivity index (χ0) is 18.6. The molecule has 2 aromatic rings. The number of alkyl halides is 2. The summed E-state index contributed by atoms with van der Waals surface area (Å²) in [5.74, 6) is -3.95. The second kappa shape index (κ2) is 7.79. The first-order valence-electron chi connectivity index (χ1n) is 7.06. The Morgan fingerprint density at radius 3 is 2.48 bits per heavy atom. The van der Waals surface area contributed by atoms with Crippen LogP contribution in [0.2, 0.25) is 5.02 Å². The second-order valence-electron chi connectivity index (χ2n) is 5.01. The highest BCUT2D eigenvalue weighted by Gasteiger charge is 2.30. The van der Waals surface area contributed by atoms with E-state index in [2.05, 4.69) is 5.32 Å². The summed E-state index contributed by atoms with van der Waals surface area (Å²) < 4.78 is 54.3. The molecule has 25 heavy (non-hydrogen) atoms. The van der Waals surface area contributed by atoms with Gasteiger partial charge in [0, 0.05) is 5.02 Å². The smallest absolute Gasteiger partial charge is 0.341 e. The summed E-state index contributed by atoms with van der Waals surface area (Å²) in [6.45, 7) is 1.43. The quantitative estimate of drug-likeness (QED) is 0.816. The van der Waals surface area contributed by atoms with Crippen LogP contribution in [0, 0.1) is 0 Å². The first-order valence-corrected chi connectivity index (χ1v) is 8.98. The van der Waals surface area contributed by atoms with Crippen molar-refractivity contribution in [1.82, 2.24) is 0 Å². The number of hydrogen-bond acceptors (Lipinski definition) is 4. The molecular formula is C16H14ClF2NO4S. The highest BCUT2D eigenvalue weighted by molar-refractivity contribution is 7.91. The lowest BCUT2D eigenvalue weighted by Gasteiger charge is -2.16. The van der Waals surface area contributed by atoms with Crippen molar-refractivity contribution in [1.29, 1.82) is 0 Å². The van der Waals surface area contributed by atoms with Gasteiger partial charge in [0.15, 0.2) is 6.10 Å². The molecule has 1 N–H and O–H groups in total. The van der Waals surface area contributed by atoms with Gasteiger partial charge in [-0.1, -0.05) is 29.8 Å². The monoisotopic (exact) mass is 389 g/mol. The fraction of sp³-hybridized carbons (Fsp3) is 0.188. The van der Waals surface area contributed by atoms with Gasteiger partial charge >= 0.3 is 5.76 Å². The molecule has 0 heterocycles. The Hall–Kier alpha value is -2.19. The molecule has 1 amide bonds. The van der Waals surface area contributed by atoms with E-state index in [9.17, 15) is 22.0 Å². The third-order valence-corrected chi connectivity index (χ3v) is 4.84. The maximum atomic E-state index is 12.8. The maximum absolute atomic E-state index is 12.8. The summed E-state index contributed by atoms with van der Waals surface area (Å²) in [6, 6.07) is 11.3. The lowest BCUT2D eigenvalue weighted by molar-refractivity contribution is -0.122. The molecule has 5 nitrogen and oxygen atoms in total. The number of carbonyl (C=O) groups excluding carboxylic acids is 1. The van der Waals surface area contributed by atoms with Crippen molar-refractivity contribution < 1.29 is 26.7 Å². The number of anilines is 1. The Labute approximate surface area is 148 Å². The van der Waals surface area contributed by atoms with Crippen LogP contribution >= 0.6 is 11.6 Å². The van der Waals surface area contributed by atoms with Gasteiger partial charge in [-0.2, -0.15) is 8.78 Å². The third kappa shape index (κ3) is 4.67. The van der Waals surface area contributed by atoms with Crippen LogP contribution in [0.3, 0.4) is 0 Å². The molecule has 0 aliphatic carbocycles. The van der Waals surface area contributed by atoms with Gasteiger partial charge in [0.2, 0.25) is 9.84 Å². The number of halogens is 3. The summed E-state index contributed by atoms with van der Waals surface area (Å²) in [6.07, 6.45) is -1.01. The maximum Gasteiger partial charge on any atom is 0.341 e. The van der Waals surface area contributed by atoms with Crippen LogP contribution in [0.15, 0.2) is 53.4 Å². The average Bonchev–Trinajstić information content (AvgIpc) is 2.55. The minimum Gasteiger partial charge on any atom is -0.481 e. The SMILES string of the molecule is CC(Oc1cccc(Cl)c1)C(=O)Nc1ccccc1S(=O)(=O)C(F)F. The number of carbonyl (C=O) groups is 1. The standard InChI is InChI=1S/C16H14ClF2NO4S/c1-10(24-12-6-4-5-11(17)9-12)15(21)20-13-7-2-3-8-14(13)25(22,23)16(18)19/h2-10,16H,1H3,(H,20,21). The topological polar surface area (TPSA) is 72.5 Å². The van der Waals surface area contributed by atoms with Crippen LogP contribution in [0.1, 0.15) is 6.92 Å². The minimum absolute atomic E-state index is 0.241. The zero-order valence-corrected chi connectivity index (χ0v) is 14.5. The molecule has 0 aliphatic heterocycles. The first kappa shape index (κ1) is 19.1. The summed E-state index contributed by atoms with van der Waals surface area (Å²) in [7, 11) is -4.85. The molecule has 0 saturated carbocycles. The van der Waals surface area contributed by atoms with E-state index >= 15 is 0 Å². The number of benzene rings is 2. The number of nitrogens with one attached hydrogen (secondary N) is 1. The lowest BCUT2D eigenvalue weighted by atomic mass is 10.3. The van der Waals surface area contributed by atoms with Crippen LogP contribution in [-0.4, -0.2) is 26.2 Å². The molecule has 0 aliphatic rings. The van der Waals surface area contributed by atoms with Crippen molar-refractivity contribution in [3.63, 3.8) is 0 Å². The van der Waals surface area contributed by atoms with Crippen molar-refractivity contribution in [2.75, 3.05) is 5.32 Å². The Kier molecular flexibility index (Phi) is 5.97. The molecule has 1 unspecified atom stereocenters. The van der Waals surface area contributed by atoms with Gasteiger partial charge in [0.25, 0.3) is 5.91 Å². The molecule has 1 atom stereocenters. The summed E-state index contributed by atoms with van der Waals surface area (Å²) in [5, 5.41) is 2.71. The van der Waals surface area contributed by atoms with E-state index < -0.39 is 32.5 Å². The number of sulfone groups is 1. The lowest BCUT2D eigenvalue weighted by Crippen LogP contribution is -2.31. The van der Waals surface area contributed by atoms with Crippen LogP contribution in [0.5, 0.6) is 5.75 Å². The summed E-state index contributed by atoms with van der Waals surface area (Å²) >= 11 is 5.82. The largest absolute Gasteiger partial charge is 0.481 e. The van der Waals surface area contributed by atoms with Crippen molar-refractivity contribution >= 4 is 33.0 Å². The average molecular weight is 390 g/mol. The Morgan fingerprint density at radius 1 is 1.16 bits per heavy atom. The van der Waals surface area contributed by atoms with Gasteiger partial charge in [-0.25, -0.2) is 8.42 Å². The van der Waals surface area contributed by atoms with Crippen molar-refractivity contribution in [3.05, 3.63) is 53.6 Å². The molecule has 134 valence electrons. The molecule has 9 heteroatoms. The van der Waals surface area contributed by atoms with Crippen molar-refractivity contribution in [3.8, 4) is 5.75 Å². The predicted molar refractivity (Wildman–Crippen MR) is 89.8 cm³/mol. The highest BCUT2D eigenvalue weighted by Crippen LogP contribution is 2.26. The Bertz CT molecular complexity index is 874. The fourth-order valence-electron chi connectivity index (χ4n) is 1.95. The van der Waals surface area contributed by atoms with Crippen molar-refractivity contribution in [2.24, 2.45) is 0 Å². The highest BCUT2D eigenvalue weighted by atomic mass is 35.5. The minimum atomic E-state index is -4.85.